The minimum absolute atomic E-state index is 0.0948. The minimum atomic E-state index is -5.36. The molecule has 13 nitrogen and oxygen atoms in total. The Balaban J connectivity index is 2.49. The molecule has 0 heterocycles. The second-order valence-electron chi connectivity index (χ2n) is 6.73. The number of carbonyl (C=O) groups is 1. The Morgan fingerprint density at radius 3 is 2.18 bits per heavy atom. The number of hydrazone groups is 1. The van der Waals surface area contributed by atoms with Crippen LogP contribution in [0, 0.1) is 0 Å². The number of sulfone groups is 1. The van der Waals surface area contributed by atoms with Crippen LogP contribution >= 0.6 is 15.2 Å². The number of amides is 1. The molecule has 2 aromatic rings. The zero-order valence-electron chi connectivity index (χ0n) is 17.0. The summed E-state index contributed by atoms with van der Waals surface area (Å²) >= 11 is 0. The van der Waals surface area contributed by atoms with Crippen molar-refractivity contribution in [3.8, 4) is 11.5 Å². The SMILES string of the molecule is CS(=O)(=O)c1cc(C(=O)N(C=NN)CC(P(=O)(O)O)P(=O)(O)O)ccc1Oc1ccccc1. The molecule has 0 unspecified atom stereocenters. The quantitative estimate of drug-likeness (QED) is 0.103. The van der Waals surface area contributed by atoms with Gasteiger partial charge in [0.05, 0.1) is 6.54 Å². The van der Waals surface area contributed by atoms with E-state index in [-0.39, 0.29) is 16.2 Å². The fourth-order valence-corrected chi connectivity index (χ4v) is 5.81. The summed E-state index contributed by atoms with van der Waals surface area (Å²) in [6, 6.07) is 11.5. The van der Waals surface area contributed by atoms with Crippen LogP contribution in [-0.2, 0) is 19.0 Å². The van der Waals surface area contributed by atoms with Crippen molar-refractivity contribution in [3.05, 3.63) is 54.1 Å². The van der Waals surface area contributed by atoms with Crippen LogP contribution in [0.1, 0.15) is 10.4 Å². The third kappa shape index (κ3) is 7.21. The number of carbonyl (C=O) groups excluding carboxylic acids is 1. The predicted molar refractivity (Wildman–Crippen MR) is 118 cm³/mol. The molecule has 0 aliphatic carbocycles. The van der Waals surface area contributed by atoms with Crippen molar-refractivity contribution < 1.29 is 46.7 Å². The van der Waals surface area contributed by atoms with Crippen LogP contribution < -0.4 is 10.6 Å². The lowest BCUT2D eigenvalue weighted by Crippen LogP contribution is -2.37. The smallest absolute Gasteiger partial charge is 0.342 e. The fourth-order valence-electron chi connectivity index (χ4n) is 2.64. The third-order valence-electron chi connectivity index (χ3n) is 4.16. The topological polar surface area (TPSA) is 217 Å². The maximum Gasteiger partial charge on any atom is 0.342 e. The second kappa shape index (κ2) is 10.1. The van der Waals surface area contributed by atoms with Crippen molar-refractivity contribution in [2.75, 3.05) is 12.8 Å². The zero-order valence-corrected chi connectivity index (χ0v) is 19.6. The summed E-state index contributed by atoms with van der Waals surface area (Å²) in [4.78, 5) is 50.3. The Labute approximate surface area is 188 Å². The average Bonchev–Trinajstić information content (AvgIpc) is 2.69. The first-order valence-electron chi connectivity index (χ1n) is 8.86. The number of benzene rings is 2. The molecule has 1 amide bonds. The van der Waals surface area contributed by atoms with E-state index in [1.807, 2.05) is 0 Å². The Morgan fingerprint density at radius 2 is 1.70 bits per heavy atom. The molecule has 180 valence electrons. The van der Waals surface area contributed by atoms with Crippen molar-refractivity contribution in [1.82, 2.24) is 4.90 Å². The highest BCUT2D eigenvalue weighted by Gasteiger charge is 2.45. The standard InChI is InChI=1S/C17H21N3O10P2S/c1-33(28,29)15-9-12(7-8-14(15)30-13-5-3-2-4-6-13)17(21)20(11-19-18)10-16(31(22,23)24)32(25,26)27/h2-9,11,16H,10,18H2,1H3,(H2,22,23,24)(H2,25,26,27). The van der Waals surface area contributed by atoms with Gasteiger partial charge in [-0.3, -0.25) is 18.8 Å². The number of nitrogens with zero attached hydrogens (tertiary/aromatic N) is 2. The molecule has 2 aromatic carbocycles. The first-order valence-corrected chi connectivity index (χ1v) is 14.1. The molecule has 0 radical (unpaired) electrons. The van der Waals surface area contributed by atoms with Gasteiger partial charge in [-0.05, 0) is 30.3 Å². The Hall–Kier alpha value is -2.57. The third-order valence-corrected chi connectivity index (χ3v) is 8.97. The number of nitrogens with two attached hydrogens (primary N) is 1. The van der Waals surface area contributed by atoms with E-state index in [0.717, 1.165) is 18.4 Å². The molecule has 0 atom stereocenters. The lowest BCUT2D eigenvalue weighted by molar-refractivity contribution is 0.0853. The van der Waals surface area contributed by atoms with Gasteiger partial charge in [0.15, 0.2) is 15.2 Å². The van der Waals surface area contributed by atoms with E-state index in [9.17, 15) is 41.9 Å². The van der Waals surface area contributed by atoms with Crippen LogP contribution in [0.4, 0.5) is 0 Å². The van der Waals surface area contributed by atoms with Gasteiger partial charge in [-0.15, -0.1) is 0 Å². The highest BCUT2D eigenvalue weighted by molar-refractivity contribution is 7.90. The first-order chi connectivity index (χ1) is 15.1. The van der Waals surface area contributed by atoms with Crippen molar-refractivity contribution in [3.63, 3.8) is 0 Å². The van der Waals surface area contributed by atoms with Crippen LogP contribution in [-0.4, -0.2) is 63.3 Å². The number of hydrogen-bond acceptors (Lipinski definition) is 8. The van der Waals surface area contributed by atoms with Crippen molar-refractivity contribution in [2.24, 2.45) is 10.9 Å². The van der Waals surface area contributed by atoms with E-state index < -0.39 is 42.9 Å². The summed E-state index contributed by atoms with van der Waals surface area (Å²) in [7, 11) is -14.6. The summed E-state index contributed by atoms with van der Waals surface area (Å²) in [5, 5.41) is 0.522. The first kappa shape index (κ1) is 26.7. The maximum absolute atomic E-state index is 12.9. The number of para-hydroxylation sites is 1. The van der Waals surface area contributed by atoms with Crippen LogP contribution in [0.15, 0.2) is 58.5 Å². The lowest BCUT2D eigenvalue weighted by atomic mass is 10.2. The molecular weight excluding hydrogens is 500 g/mol. The largest absolute Gasteiger partial charge is 0.456 e. The fraction of sp³-hybridized carbons (Fsp3) is 0.176. The highest BCUT2D eigenvalue weighted by atomic mass is 32.2. The van der Waals surface area contributed by atoms with Crippen LogP contribution in [0.2, 0.25) is 0 Å². The molecule has 2 rings (SSSR count). The molecule has 0 saturated heterocycles. The maximum atomic E-state index is 12.9. The average molecular weight is 521 g/mol. The number of hydrogen-bond donors (Lipinski definition) is 5. The van der Waals surface area contributed by atoms with E-state index in [0.29, 0.717) is 17.0 Å². The summed E-state index contributed by atoms with van der Waals surface area (Å²) in [5.74, 6) is 4.17. The molecule has 16 heteroatoms. The second-order valence-corrected chi connectivity index (χ2v) is 12.7. The van der Waals surface area contributed by atoms with E-state index in [1.54, 1.807) is 30.3 Å². The molecular formula is C17H21N3O10P2S. The summed E-state index contributed by atoms with van der Waals surface area (Å²) in [6.45, 7) is -1.15. The van der Waals surface area contributed by atoms with Crippen molar-refractivity contribution in [2.45, 2.75) is 10.3 Å². The van der Waals surface area contributed by atoms with Gasteiger partial charge in [0.1, 0.15) is 22.7 Å². The lowest BCUT2D eigenvalue weighted by Gasteiger charge is -2.25. The minimum Gasteiger partial charge on any atom is -0.456 e. The van der Waals surface area contributed by atoms with Gasteiger partial charge in [0, 0.05) is 11.8 Å². The summed E-state index contributed by atoms with van der Waals surface area (Å²) in [5.41, 5.74) is -0.300. The number of ether oxygens (including phenoxy) is 1. The Kier molecular flexibility index (Phi) is 8.20. The molecule has 0 aromatic heterocycles. The van der Waals surface area contributed by atoms with Gasteiger partial charge in [-0.2, -0.15) is 5.10 Å². The van der Waals surface area contributed by atoms with E-state index in [1.165, 1.54) is 6.07 Å². The van der Waals surface area contributed by atoms with E-state index in [4.69, 9.17) is 10.6 Å². The van der Waals surface area contributed by atoms with Gasteiger partial charge in [0.2, 0.25) is 0 Å². The van der Waals surface area contributed by atoms with Gasteiger partial charge in [-0.1, -0.05) is 18.2 Å². The van der Waals surface area contributed by atoms with Gasteiger partial charge < -0.3 is 30.2 Å². The molecule has 33 heavy (non-hydrogen) atoms. The van der Waals surface area contributed by atoms with Gasteiger partial charge >= 0.3 is 15.2 Å². The molecule has 0 aliphatic rings. The molecule has 0 bridgehead atoms. The molecule has 0 saturated carbocycles. The zero-order chi connectivity index (χ0) is 25.0. The van der Waals surface area contributed by atoms with Crippen molar-refractivity contribution in [1.29, 1.82) is 0 Å². The highest BCUT2D eigenvalue weighted by Crippen LogP contribution is 2.59. The van der Waals surface area contributed by atoms with E-state index in [2.05, 4.69) is 5.10 Å². The Morgan fingerprint density at radius 1 is 1.12 bits per heavy atom. The molecule has 0 aliphatic heterocycles. The van der Waals surface area contributed by atoms with Crippen LogP contribution in [0.25, 0.3) is 0 Å². The molecule has 6 N–H and O–H groups in total. The predicted octanol–water partition coefficient (Wildman–Crippen LogP) is 0.908. The molecule has 0 fully saturated rings. The van der Waals surface area contributed by atoms with Crippen LogP contribution in [0.3, 0.4) is 0 Å². The normalized spacial score (nSPS) is 12.8. The monoisotopic (exact) mass is 521 g/mol. The van der Waals surface area contributed by atoms with E-state index >= 15 is 0 Å². The van der Waals surface area contributed by atoms with Gasteiger partial charge in [0.25, 0.3) is 5.91 Å². The van der Waals surface area contributed by atoms with Crippen LogP contribution in [0.5, 0.6) is 11.5 Å². The van der Waals surface area contributed by atoms with Crippen molar-refractivity contribution >= 4 is 37.3 Å². The number of rotatable bonds is 9. The Bertz CT molecular complexity index is 1220. The summed E-state index contributed by atoms with van der Waals surface area (Å²) in [6.07, 6.45) is 1.49. The molecule has 0 spiro atoms. The summed E-state index contributed by atoms with van der Waals surface area (Å²) < 4.78 is 53.3. The van der Waals surface area contributed by atoms with Gasteiger partial charge in [-0.25, -0.2) is 8.42 Å².